The molecule has 0 spiro atoms. The van der Waals surface area contributed by atoms with Crippen molar-refractivity contribution in [2.45, 2.75) is 51.4 Å². The molecule has 124 valence electrons. The molecule has 2 heterocycles. The van der Waals surface area contributed by atoms with E-state index in [1.807, 2.05) is 22.7 Å². The van der Waals surface area contributed by atoms with Crippen LogP contribution < -0.4 is 0 Å². The number of allylic oxidation sites excluding steroid dienone is 2. The Morgan fingerprint density at radius 3 is 1.74 bits per heavy atom. The van der Waals surface area contributed by atoms with Gasteiger partial charge in [-0.25, -0.2) is 0 Å². The van der Waals surface area contributed by atoms with Crippen LogP contribution in [-0.4, -0.2) is 0 Å². The smallest absolute Gasteiger partial charge is 0.0861 e. The summed E-state index contributed by atoms with van der Waals surface area (Å²) in [6, 6.07) is 8.68. The van der Waals surface area contributed by atoms with Crippen molar-refractivity contribution in [1.82, 2.24) is 0 Å². The van der Waals surface area contributed by atoms with Gasteiger partial charge in [-0.1, -0.05) is 26.0 Å². The normalized spacial score (nSPS) is 14.5. The zero-order valence-corrected chi connectivity index (χ0v) is 15.6. The highest BCUT2D eigenvalue weighted by atomic mass is 32.1. The van der Waals surface area contributed by atoms with Gasteiger partial charge in [-0.05, 0) is 72.6 Å². The average molecular weight is 347 g/mol. The number of hydrogen-bond acceptors (Lipinski definition) is 3. The van der Waals surface area contributed by atoms with E-state index in [-0.39, 0.29) is 0 Å². The molecule has 1 nitrogen and oxygen atoms in total. The van der Waals surface area contributed by atoms with Gasteiger partial charge >= 0.3 is 0 Å². The lowest BCUT2D eigenvalue weighted by Crippen LogP contribution is -1.88. The molecule has 0 aliphatic rings. The van der Waals surface area contributed by atoms with E-state index in [9.17, 15) is 0 Å². The molecule has 0 saturated heterocycles. The minimum atomic E-state index is 0.633. The molecule has 0 bridgehead atoms. The lowest BCUT2D eigenvalue weighted by atomic mass is 10.0. The number of thiophene rings is 2. The van der Waals surface area contributed by atoms with E-state index < -0.39 is 0 Å². The molecule has 2 atom stereocenters. The molecule has 0 saturated carbocycles. The van der Waals surface area contributed by atoms with Gasteiger partial charge in [0, 0.05) is 9.75 Å². The standard InChI is InChI=1S/C20H26OS2/c1-17(19-11-7-15-22-19)9-3-5-13-21-14-6-4-10-18(2)20-12-8-16-23-20/h5-8,11-18H,3-4,9-10H2,1-2H3. The zero-order valence-electron chi connectivity index (χ0n) is 14.0. The maximum absolute atomic E-state index is 5.42. The fourth-order valence-electron chi connectivity index (χ4n) is 2.41. The van der Waals surface area contributed by atoms with Crippen LogP contribution in [0.25, 0.3) is 0 Å². The summed E-state index contributed by atoms with van der Waals surface area (Å²) in [7, 11) is 0. The van der Waals surface area contributed by atoms with E-state index in [1.165, 1.54) is 22.6 Å². The van der Waals surface area contributed by atoms with E-state index in [0.29, 0.717) is 11.8 Å². The van der Waals surface area contributed by atoms with Gasteiger partial charge in [0.1, 0.15) is 0 Å². The minimum Gasteiger partial charge on any atom is -0.473 e. The van der Waals surface area contributed by atoms with Crippen molar-refractivity contribution in [3.8, 4) is 0 Å². The first-order valence-electron chi connectivity index (χ1n) is 8.29. The summed E-state index contributed by atoms with van der Waals surface area (Å²) < 4.78 is 5.42. The van der Waals surface area contributed by atoms with Crippen LogP contribution in [0.5, 0.6) is 0 Å². The van der Waals surface area contributed by atoms with Gasteiger partial charge in [-0.3, -0.25) is 0 Å². The third-order valence-corrected chi connectivity index (χ3v) is 6.15. The Morgan fingerprint density at radius 1 is 0.870 bits per heavy atom. The first-order chi connectivity index (χ1) is 11.3. The van der Waals surface area contributed by atoms with Gasteiger partial charge in [0.05, 0.1) is 12.5 Å². The SMILES string of the molecule is CC(CCC=COC=CCCC(C)c1cccs1)c1cccs1. The second-order valence-electron chi connectivity index (χ2n) is 5.87. The Balaban J connectivity index is 1.52. The number of ether oxygens (including phenoxy) is 1. The highest BCUT2D eigenvalue weighted by Crippen LogP contribution is 2.25. The van der Waals surface area contributed by atoms with Crippen molar-refractivity contribution >= 4 is 22.7 Å². The van der Waals surface area contributed by atoms with E-state index >= 15 is 0 Å². The Kier molecular flexibility index (Phi) is 8.19. The van der Waals surface area contributed by atoms with E-state index in [1.54, 1.807) is 12.5 Å². The predicted molar refractivity (Wildman–Crippen MR) is 103 cm³/mol. The molecule has 2 aromatic heterocycles. The fraction of sp³-hybridized carbons (Fsp3) is 0.400. The van der Waals surface area contributed by atoms with Crippen LogP contribution in [-0.2, 0) is 4.74 Å². The summed E-state index contributed by atoms with van der Waals surface area (Å²) in [6.45, 7) is 4.57. The molecule has 0 radical (unpaired) electrons. The zero-order chi connectivity index (χ0) is 16.3. The molecule has 0 aliphatic carbocycles. The number of rotatable bonds is 10. The Hall–Kier alpha value is -1.32. The number of hydrogen-bond donors (Lipinski definition) is 0. The van der Waals surface area contributed by atoms with Gasteiger partial charge in [0.25, 0.3) is 0 Å². The van der Waals surface area contributed by atoms with Crippen LogP contribution >= 0.6 is 22.7 Å². The van der Waals surface area contributed by atoms with E-state index in [4.69, 9.17) is 4.74 Å². The quantitative estimate of drug-likeness (QED) is 0.409. The maximum atomic E-state index is 5.42. The van der Waals surface area contributed by atoms with E-state index in [0.717, 1.165) is 12.8 Å². The van der Waals surface area contributed by atoms with Gasteiger partial charge < -0.3 is 4.74 Å². The molecule has 0 N–H and O–H groups in total. The van der Waals surface area contributed by atoms with Crippen molar-refractivity contribution in [1.29, 1.82) is 0 Å². The summed E-state index contributed by atoms with van der Waals surface area (Å²) in [5.41, 5.74) is 0. The second kappa shape index (κ2) is 10.5. The molecule has 3 heteroatoms. The van der Waals surface area contributed by atoms with Crippen LogP contribution in [0.2, 0.25) is 0 Å². The van der Waals surface area contributed by atoms with Crippen molar-refractivity contribution < 1.29 is 4.74 Å². The largest absolute Gasteiger partial charge is 0.473 e. The van der Waals surface area contributed by atoms with Gasteiger partial charge in [-0.2, -0.15) is 0 Å². The molecule has 0 aromatic carbocycles. The molecule has 0 aliphatic heterocycles. The average Bonchev–Trinajstić information content (AvgIpc) is 3.25. The summed E-state index contributed by atoms with van der Waals surface area (Å²) >= 11 is 3.69. The van der Waals surface area contributed by atoms with Crippen LogP contribution in [0.3, 0.4) is 0 Å². The Bertz CT molecular complexity index is 515. The van der Waals surface area contributed by atoms with Crippen LogP contribution in [0.4, 0.5) is 0 Å². The molecular formula is C20H26OS2. The van der Waals surface area contributed by atoms with Gasteiger partial charge in [0.2, 0.25) is 0 Å². The predicted octanol–water partition coefficient (Wildman–Crippen LogP) is 7.32. The Morgan fingerprint density at radius 2 is 1.35 bits per heavy atom. The summed E-state index contributed by atoms with van der Waals surface area (Å²) in [5.74, 6) is 1.27. The molecule has 2 unspecified atom stereocenters. The summed E-state index contributed by atoms with van der Waals surface area (Å²) in [5, 5.41) is 4.30. The molecule has 2 aromatic rings. The third kappa shape index (κ3) is 6.76. The molecule has 0 fully saturated rings. The molecular weight excluding hydrogens is 320 g/mol. The third-order valence-electron chi connectivity index (χ3n) is 3.94. The minimum absolute atomic E-state index is 0.633. The monoisotopic (exact) mass is 346 g/mol. The van der Waals surface area contributed by atoms with Crippen LogP contribution in [0.15, 0.2) is 59.7 Å². The van der Waals surface area contributed by atoms with Crippen molar-refractivity contribution in [3.05, 3.63) is 69.5 Å². The fourth-order valence-corrected chi connectivity index (χ4v) is 4.06. The van der Waals surface area contributed by atoms with E-state index in [2.05, 4.69) is 61.0 Å². The molecule has 0 amide bonds. The van der Waals surface area contributed by atoms with Crippen molar-refractivity contribution in [3.63, 3.8) is 0 Å². The summed E-state index contributed by atoms with van der Waals surface area (Å²) in [6.07, 6.45) is 12.3. The Labute approximate surface area is 148 Å². The lowest BCUT2D eigenvalue weighted by Gasteiger charge is -2.06. The lowest BCUT2D eigenvalue weighted by molar-refractivity contribution is 0.397. The molecule has 2 rings (SSSR count). The maximum Gasteiger partial charge on any atom is 0.0861 e. The van der Waals surface area contributed by atoms with Crippen molar-refractivity contribution in [2.24, 2.45) is 0 Å². The first kappa shape index (κ1) is 18.0. The summed E-state index contributed by atoms with van der Waals surface area (Å²) in [4.78, 5) is 2.94. The topological polar surface area (TPSA) is 9.23 Å². The second-order valence-corrected chi connectivity index (χ2v) is 7.83. The molecule has 23 heavy (non-hydrogen) atoms. The van der Waals surface area contributed by atoms with Gasteiger partial charge in [0.15, 0.2) is 0 Å². The van der Waals surface area contributed by atoms with Crippen LogP contribution in [0.1, 0.15) is 61.1 Å². The van der Waals surface area contributed by atoms with Crippen LogP contribution in [0, 0.1) is 0 Å². The van der Waals surface area contributed by atoms with Gasteiger partial charge in [-0.15, -0.1) is 22.7 Å². The highest BCUT2D eigenvalue weighted by Gasteiger charge is 2.05. The first-order valence-corrected chi connectivity index (χ1v) is 10.1. The van der Waals surface area contributed by atoms with Crippen molar-refractivity contribution in [2.75, 3.05) is 0 Å². The highest BCUT2D eigenvalue weighted by molar-refractivity contribution is 7.10.